The minimum atomic E-state index is -4.01. The molecule has 1 amide bonds. The summed E-state index contributed by atoms with van der Waals surface area (Å²) in [5.41, 5.74) is 2.87. The molecule has 0 aliphatic rings. The zero-order valence-electron chi connectivity index (χ0n) is 21.5. The van der Waals surface area contributed by atoms with Crippen molar-refractivity contribution in [2.24, 2.45) is 0 Å². The van der Waals surface area contributed by atoms with E-state index in [1.54, 1.807) is 10.9 Å². The Labute approximate surface area is 230 Å². The molecule has 40 heavy (non-hydrogen) atoms. The lowest BCUT2D eigenvalue weighted by Gasteiger charge is -2.10. The van der Waals surface area contributed by atoms with Crippen LogP contribution in [0.5, 0.6) is 11.9 Å². The van der Waals surface area contributed by atoms with Crippen LogP contribution < -0.4 is 19.5 Å². The van der Waals surface area contributed by atoms with Gasteiger partial charge in [0.15, 0.2) is 5.82 Å². The van der Waals surface area contributed by atoms with Crippen LogP contribution in [-0.4, -0.2) is 48.3 Å². The van der Waals surface area contributed by atoms with Gasteiger partial charge in [-0.2, -0.15) is 15.1 Å². The van der Waals surface area contributed by atoms with Gasteiger partial charge in [-0.3, -0.25) is 9.52 Å². The van der Waals surface area contributed by atoms with E-state index >= 15 is 0 Å². The number of para-hydroxylation sites is 1. The Morgan fingerprint density at radius 2 is 1.52 bits per heavy atom. The predicted octanol–water partition coefficient (Wildman–Crippen LogP) is 4.40. The van der Waals surface area contributed by atoms with Crippen LogP contribution in [0.4, 0.5) is 11.5 Å². The normalized spacial score (nSPS) is 11.1. The SMILES string of the molecule is COc1cc(NS(=O)(=O)c2ccc(NC(=O)c3cn(-c4ccccc4)nc3-c3ccccc3)cc2)nc(OC)n1. The summed E-state index contributed by atoms with van der Waals surface area (Å²) in [6.07, 6.45) is 1.67. The average molecular weight is 557 g/mol. The molecule has 0 fully saturated rings. The van der Waals surface area contributed by atoms with Gasteiger partial charge >= 0.3 is 6.01 Å². The maximum Gasteiger partial charge on any atom is 0.321 e. The molecule has 0 spiro atoms. The molecule has 2 heterocycles. The number of sulfonamides is 1. The predicted molar refractivity (Wildman–Crippen MR) is 149 cm³/mol. The highest BCUT2D eigenvalue weighted by Gasteiger charge is 2.20. The molecule has 0 atom stereocenters. The third-order valence-corrected chi connectivity index (χ3v) is 7.13. The number of carbonyl (C=O) groups excluding carboxylic acids is 1. The van der Waals surface area contributed by atoms with Crippen LogP contribution in [0.1, 0.15) is 10.4 Å². The second-order valence-electron chi connectivity index (χ2n) is 8.40. The fourth-order valence-corrected chi connectivity index (χ4v) is 4.82. The van der Waals surface area contributed by atoms with Crippen molar-refractivity contribution in [1.82, 2.24) is 19.7 Å². The van der Waals surface area contributed by atoms with E-state index in [1.807, 2.05) is 60.7 Å². The van der Waals surface area contributed by atoms with Crippen molar-refractivity contribution in [1.29, 1.82) is 0 Å². The molecule has 5 rings (SSSR count). The Balaban J connectivity index is 1.38. The highest BCUT2D eigenvalue weighted by molar-refractivity contribution is 7.92. The molecular weight excluding hydrogens is 532 g/mol. The highest BCUT2D eigenvalue weighted by atomic mass is 32.2. The van der Waals surface area contributed by atoms with Gasteiger partial charge in [0.25, 0.3) is 15.9 Å². The number of benzene rings is 3. The summed E-state index contributed by atoms with van der Waals surface area (Å²) < 4.78 is 40.0. The molecule has 0 aliphatic carbocycles. The van der Waals surface area contributed by atoms with Gasteiger partial charge in [0.2, 0.25) is 5.88 Å². The van der Waals surface area contributed by atoms with E-state index in [0.29, 0.717) is 16.9 Å². The lowest BCUT2D eigenvalue weighted by atomic mass is 10.1. The third kappa shape index (κ3) is 5.76. The summed E-state index contributed by atoms with van der Waals surface area (Å²) in [5.74, 6) is -0.284. The molecule has 0 saturated carbocycles. The number of nitrogens with zero attached hydrogens (tertiary/aromatic N) is 4. The van der Waals surface area contributed by atoms with E-state index in [1.165, 1.54) is 44.6 Å². The molecule has 202 valence electrons. The fourth-order valence-electron chi connectivity index (χ4n) is 3.83. The van der Waals surface area contributed by atoms with E-state index in [-0.39, 0.29) is 22.6 Å². The first-order valence-electron chi connectivity index (χ1n) is 12.0. The minimum absolute atomic E-state index is 0.0232. The maximum absolute atomic E-state index is 13.4. The average Bonchev–Trinajstić information content (AvgIpc) is 3.44. The minimum Gasteiger partial charge on any atom is -0.481 e. The summed E-state index contributed by atoms with van der Waals surface area (Å²) in [6, 6.07) is 25.9. The second kappa shape index (κ2) is 11.3. The molecule has 2 N–H and O–H groups in total. The first-order chi connectivity index (χ1) is 19.4. The monoisotopic (exact) mass is 556 g/mol. The standard InChI is InChI=1S/C28H24N6O5S/c1-38-25-17-24(30-28(31-25)39-2)33-40(36,37)22-15-13-20(14-16-22)29-27(35)23-18-34(21-11-7-4-8-12-21)32-26(23)19-9-5-3-6-10-19/h3-18H,1-2H3,(H,29,35)(H,30,31,33). The largest absolute Gasteiger partial charge is 0.481 e. The maximum atomic E-state index is 13.4. The molecule has 0 aliphatic heterocycles. The van der Waals surface area contributed by atoms with Crippen molar-refractivity contribution in [3.8, 4) is 28.8 Å². The molecule has 3 aromatic carbocycles. The number of hydrogen-bond acceptors (Lipinski definition) is 8. The number of hydrogen-bond donors (Lipinski definition) is 2. The number of nitrogens with one attached hydrogen (secondary N) is 2. The van der Waals surface area contributed by atoms with Gasteiger partial charge in [-0.1, -0.05) is 48.5 Å². The van der Waals surface area contributed by atoms with Crippen LogP contribution in [0.3, 0.4) is 0 Å². The van der Waals surface area contributed by atoms with Gasteiger partial charge in [-0.25, -0.2) is 13.1 Å². The highest BCUT2D eigenvalue weighted by Crippen LogP contribution is 2.26. The molecule has 2 aromatic heterocycles. The lowest BCUT2D eigenvalue weighted by Crippen LogP contribution is -2.15. The number of anilines is 2. The number of ether oxygens (including phenoxy) is 2. The van der Waals surface area contributed by atoms with Crippen molar-refractivity contribution in [3.05, 3.63) is 103 Å². The van der Waals surface area contributed by atoms with E-state index in [4.69, 9.17) is 9.47 Å². The van der Waals surface area contributed by atoms with Gasteiger partial charge in [0.1, 0.15) is 5.69 Å². The molecule has 0 unspecified atom stereocenters. The third-order valence-electron chi connectivity index (χ3n) is 5.76. The van der Waals surface area contributed by atoms with Crippen LogP contribution in [0.25, 0.3) is 16.9 Å². The fraction of sp³-hybridized carbons (Fsp3) is 0.0714. The molecule has 5 aromatic rings. The summed E-state index contributed by atoms with van der Waals surface area (Å²) in [7, 11) is -1.26. The molecule has 0 bridgehead atoms. The van der Waals surface area contributed by atoms with Crippen LogP contribution in [0, 0.1) is 0 Å². The van der Waals surface area contributed by atoms with Gasteiger partial charge in [0.05, 0.1) is 30.4 Å². The molecule has 11 nitrogen and oxygen atoms in total. The Morgan fingerprint density at radius 3 is 2.17 bits per heavy atom. The van der Waals surface area contributed by atoms with Crippen molar-refractivity contribution in [2.75, 3.05) is 24.3 Å². The lowest BCUT2D eigenvalue weighted by molar-refractivity contribution is 0.102. The van der Waals surface area contributed by atoms with Crippen LogP contribution in [0.2, 0.25) is 0 Å². The van der Waals surface area contributed by atoms with E-state index in [0.717, 1.165) is 11.3 Å². The van der Waals surface area contributed by atoms with Crippen molar-refractivity contribution < 1.29 is 22.7 Å². The van der Waals surface area contributed by atoms with Crippen LogP contribution in [0.15, 0.2) is 102 Å². The summed E-state index contributed by atoms with van der Waals surface area (Å²) in [4.78, 5) is 21.3. The first-order valence-corrected chi connectivity index (χ1v) is 13.5. The number of amides is 1. The smallest absolute Gasteiger partial charge is 0.321 e. The molecule has 0 radical (unpaired) electrons. The molecule has 0 saturated heterocycles. The van der Waals surface area contributed by atoms with Crippen molar-refractivity contribution in [2.45, 2.75) is 4.90 Å². The Hall–Kier alpha value is -5.23. The quantitative estimate of drug-likeness (QED) is 0.273. The first kappa shape index (κ1) is 26.4. The summed E-state index contributed by atoms with van der Waals surface area (Å²) in [6.45, 7) is 0. The number of aromatic nitrogens is 4. The Morgan fingerprint density at radius 1 is 0.850 bits per heavy atom. The van der Waals surface area contributed by atoms with Gasteiger partial charge in [0, 0.05) is 23.5 Å². The van der Waals surface area contributed by atoms with Crippen LogP contribution in [-0.2, 0) is 10.0 Å². The van der Waals surface area contributed by atoms with Crippen molar-refractivity contribution >= 4 is 27.4 Å². The molecular formula is C28H24N6O5S. The summed E-state index contributed by atoms with van der Waals surface area (Å²) in [5, 5.41) is 7.49. The Bertz CT molecular complexity index is 1720. The van der Waals surface area contributed by atoms with E-state index in [9.17, 15) is 13.2 Å². The van der Waals surface area contributed by atoms with Gasteiger partial charge in [-0.15, -0.1) is 0 Å². The van der Waals surface area contributed by atoms with Crippen molar-refractivity contribution in [3.63, 3.8) is 0 Å². The number of methoxy groups -OCH3 is 2. The topological polar surface area (TPSA) is 137 Å². The zero-order valence-corrected chi connectivity index (χ0v) is 22.3. The van der Waals surface area contributed by atoms with E-state index < -0.39 is 15.9 Å². The molecule has 12 heteroatoms. The summed E-state index contributed by atoms with van der Waals surface area (Å²) >= 11 is 0. The van der Waals surface area contributed by atoms with Gasteiger partial charge < -0.3 is 14.8 Å². The Kier molecular flexibility index (Phi) is 7.42. The van der Waals surface area contributed by atoms with E-state index in [2.05, 4.69) is 25.1 Å². The van der Waals surface area contributed by atoms with Gasteiger partial charge in [-0.05, 0) is 36.4 Å². The zero-order chi connectivity index (χ0) is 28.1. The number of rotatable bonds is 9. The number of carbonyl (C=O) groups is 1. The second-order valence-corrected chi connectivity index (χ2v) is 10.1. The van der Waals surface area contributed by atoms with Crippen LogP contribution >= 0.6 is 0 Å².